The molecule has 0 aliphatic rings. The van der Waals surface area contributed by atoms with Crippen LogP contribution in [-0.2, 0) is 14.3 Å². The Morgan fingerprint density at radius 2 is 1.64 bits per heavy atom. The van der Waals surface area contributed by atoms with E-state index in [-0.39, 0.29) is 12.4 Å². The van der Waals surface area contributed by atoms with E-state index in [1.54, 1.807) is 5.37 Å². The number of hydrogen-bond donors (Lipinski definition) is 1. The fourth-order valence-corrected chi connectivity index (χ4v) is 2.42. The van der Waals surface area contributed by atoms with Gasteiger partial charge in [0.05, 0.1) is 19.6 Å². The number of rotatable bonds is 7. The first-order valence-electron chi connectivity index (χ1n) is 7.24. The maximum Gasteiger partial charge on any atom is 0.307 e. The fourth-order valence-electron chi connectivity index (χ4n) is 2.27. The molecule has 0 aliphatic heterocycles. The number of halogens is 2. The van der Waals surface area contributed by atoms with Crippen LogP contribution < -0.4 is 5.32 Å². The molecule has 0 bridgehead atoms. The van der Waals surface area contributed by atoms with Gasteiger partial charge in [-0.2, -0.15) is 0 Å². The molecule has 0 heterocycles. The molecule has 1 amide bonds. The quantitative estimate of drug-likeness (QED) is 0.459. The van der Waals surface area contributed by atoms with Gasteiger partial charge in [-0.1, -0.05) is 60.7 Å². The molecule has 2 aromatic rings. The molecule has 0 saturated heterocycles. The Morgan fingerprint density at radius 1 is 1.12 bits per heavy atom. The van der Waals surface area contributed by atoms with Crippen LogP contribution in [0.4, 0.5) is 9.15 Å². The third kappa shape index (κ3) is 6.04. The first-order valence-corrected chi connectivity index (χ1v) is 7.71. The van der Waals surface area contributed by atoms with Crippen molar-refractivity contribution in [2.24, 2.45) is 0 Å². The van der Waals surface area contributed by atoms with E-state index < -0.39 is 6.04 Å². The molecule has 0 saturated carbocycles. The van der Waals surface area contributed by atoms with Crippen LogP contribution >= 0.6 is 12.2 Å². The minimum atomic E-state index is -0.397. The second-order valence-corrected chi connectivity index (χ2v) is 5.21. The molecule has 0 aromatic heterocycles. The third-order valence-electron chi connectivity index (χ3n) is 3.56. The highest BCUT2D eigenvalue weighted by atomic mass is 32.1. The van der Waals surface area contributed by atoms with E-state index in [0.29, 0.717) is 6.41 Å². The van der Waals surface area contributed by atoms with Crippen LogP contribution in [0.2, 0.25) is 0 Å². The smallest absolute Gasteiger partial charge is 0.307 e. The van der Waals surface area contributed by atoms with E-state index in [1.165, 1.54) is 7.11 Å². The number of benzene rings is 2. The molecule has 1 atom stereocenters. The standard InChI is InChI=1S/C18H17NO3S.F2/c1-22-18(21)10-17(19-12-20)16-8-6-15(7-9-16)14-4-2-13(11-23)3-5-14;1-2/h2-9,11-12,17H,10H2,1H3,(H,19,20);. The number of nitrogens with one attached hydrogen (secondary N) is 1. The largest absolute Gasteiger partial charge is 0.469 e. The number of ether oxygens (including phenoxy) is 1. The minimum absolute atomic E-state index is 0.0952. The average Bonchev–Trinajstić information content (AvgIpc) is 2.69. The van der Waals surface area contributed by atoms with Gasteiger partial charge in [-0.15, -0.1) is 0 Å². The normalized spacial score (nSPS) is 10.7. The second-order valence-electron chi connectivity index (χ2n) is 4.98. The van der Waals surface area contributed by atoms with Crippen LogP contribution in [0.15, 0.2) is 48.5 Å². The summed E-state index contributed by atoms with van der Waals surface area (Å²) in [4.78, 5) is 22.2. The first kappa shape index (κ1) is 20.4. The van der Waals surface area contributed by atoms with Crippen molar-refractivity contribution in [2.75, 3.05) is 7.11 Å². The van der Waals surface area contributed by atoms with Crippen molar-refractivity contribution in [1.82, 2.24) is 5.32 Å². The Hall–Kier alpha value is -2.67. The summed E-state index contributed by atoms with van der Waals surface area (Å²) in [5, 5.41) is 4.28. The minimum Gasteiger partial charge on any atom is -0.469 e. The summed E-state index contributed by atoms with van der Waals surface area (Å²) in [6.45, 7) is 0. The van der Waals surface area contributed by atoms with Crippen LogP contribution in [0, 0.1) is 0 Å². The lowest BCUT2D eigenvalue weighted by Gasteiger charge is -2.15. The maximum absolute atomic E-state index is 11.4. The summed E-state index contributed by atoms with van der Waals surface area (Å²) < 4.78 is 20.7. The van der Waals surface area contributed by atoms with Gasteiger partial charge in [0.2, 0.25) is 6.41 Å². The number of amides is 1. The van der Waals surface area contributed by atoms with E-state index in [1.807, 2.05) is 48.5 Å². The Labute approximate surface area is 149 Å². The van der Waals surface area contributed by atoms with E-state index >= 15 is 0 Å². The molecule has 0 fully saturated rings. The number of thiocarbonyl (C=S) groups is 1. The monoisotopic (exact) mass is 365 g/mol. The van der Waals surface area contributed by atoms with E-state index in [0.717, 1.165) is 22.3 Å². The average molecular weight is 365 g/mol. The number of methoxy groups -OCH3 is 1. The van der Waals surface area contributed by atoms with E-state index in [4.69, 9.17) is 21.4 Å². The molecule has 2 aromatic carbocycles. The summed E-state index contributed by atoms with van der Waals surface area (Å²) in [5.41, 5.74) is 3.97. The summed E-state index contributed by atoms with van der Waals surface area (Å²) in [6, 6.07) is 15.2. The second kappa shape index (κ2) is 11.0. The van der Waals surface area contributed by atoms with Crippen molar-refractivity contribution < 1.29 is 23.5 Å². The number of hydrogen-bond acceptors (Lipinski definition) is 4. The molecule has 7 heteroatoms. The van der Waals surface area contributed by atoms with Gasteiger partial charge in [0.25, 0.3) is 0 Å². The zero-order chi connectivity index (χ0) is 18.7. The predicted octanol–water partition coefficient (Wildman–Crippen LogP) is 3.89. The summed E-state index contributed by atoms with van der Waals surface area (Å²) in [7, 11) is 1.33. The highest BCUT2D eigenvalue weighted by Gasteiger charge is 2.15. The zero-order valence-corrected chi connectivity index (χ0v) is 14.3. The number of esters is 1. The van der Waals surface area contributed by atoms with Crippen molar-refractivity contribution in [3.05, 3.63) is 59.7 Å². The highest BCUT2D eigenvalue weighted by molar-refractivity contribution is 7.79. The van der Waals surface area contributed by atoms with Crippen molar-refractivity contribution in [2.45, 2.75) is 12.5 Å². The van der Waals surface area contributed by atoms with E-state index in [9.17, 15) is 9.59 Å². The van der Waals surface area contributed by atoms with Gasteiger partial charge in [0, 0.05) is 14.5 Å². The van der Waals surface area contributed by atoms with Crippen molar-refractivity contribution in [3.8, 4) is 11.1 Å². The summed E-state index contributed by atoms with van der Waals surface area (Å²) in [5.74, 6) is -0.371. The lowest BCUT2D eigenvalue weighted by Crippen LogP contribution is -2.23. The fraction of sp³-hybridized carbons (Fsp3) is 0.167. The van der Waals surface area contributed by atoms with Crippen LogP contribution in [-0.4, -0.2) is 24.9 Å². The van der Waals surface area contributed by atoms with Gasteiger partial charge in [-0.05, 0) is 22.3 Å². The molecule has 0 spiro atoms. The van der Waals surface area contributed by atoms with Gasteiger partial charge < -0.3 is 10.1 Å². The summed E-state index contributed by atoms with van der Waals surface area (Å²) in [6.07, 6.45) is 0.684. The lowest BCUT2D eigenvalue weighted by molar-refractivity contribution is -0.141. The van der Waals surface area contributed by atoms with Crippen LogP contribution in [0.3, 0.4) is 0 Å². The molecular formula is C18H17F2NO3S. The van der Waals surface area contributed by atoms with Crippen LogP contribution in [0.1, 0.15) is 23.6 Å². The predicted molar refractivity (Wildman–Crippen MR) is 95.4 cm³/mol. The molecule has 4 nitrogen and oxygen atoms in total. The Balaban J connectivity index is 0.00000151. The van der Waals surface area contributed by atoms with Gasteiger partial charge >= 0.3 is 5.97 Å². The Kier molecular flexibility index (Phi) is 8.95. The van der Waals surface area contributed by atoms with Crippen molar-refractivity contribution in [1.29, 1.82) is 0 Å². The molecule has 0 aliphatic carbocycles. The topological polar surface area (TPSA) is 55.4 Å². The first-order chi connectivity index (χ1) is 12.2. The molecular weight excluding hydrogens is 348 g/mol. The summed E-state index contributed by atoms with van der Waals surface area (Å²) >= 11 is 4.90. The Morgan fingerprint density at radius 3 is 2.08 bits per heavy atom. The third-order valence-corrected chi connectivity index (χ3v) is 3.83. The van der Waals surface area contributed by atoms with Crippen molar-refractivity contribution >= 4 is 30.0 Å². The molecule has 1 unspecified atom stereocenters. The molecule has 25 heavy (non-hydrogen) atoms. The highest BCUT2D eigenvalue weighted by Crippen LogP contribution is 2.23. The molecule has 132 valence electrons. The van der Waals surface area contributed by atoms with Crippen molar-refractivity contribution in [3.63, 3.8) is 0 Å². The molecule has 0 radical (unpaired) electrons. The van der Waals surface area contributed by atoms with Gasteiger partial charge in [0.15, 0.2) is 0 Å². The van der Waals surface area contributed by atoms with Crippen LogP contribution in [0.25, 0.3) is 11.1 Å². The zero-order valence-electron chi connectivity index (χ0n) is 13.4. The maximum atomic E-state index is 11.4. The molecule has 2 rings (SSSR count). The lowest BCUT2D eigenvalue weighted by atomic mass is 9.99. The number of carbonyl (C=O) groups excluding carboxylic acids is 2. The van der Waals surface area contributed by atoms with Gasteiger partial charge in [-0.3, -0.25) is 9.59 Å². The Bertz CT molecular complexity index is 690. The van der Waals surface area contributed by atoms with Gasteiger partial charge in [-0.25, -0.2) is 0 Å². The number of carbonyl (C=O) groups is 2. The van der Waals surface area contributed by atoms with Crippen LogP contribution in [0.5, 0.6) is 0 Å². The van der Waals surface area contributed by atoms with Gasteiger partial charge in [0.1, 0.15) is 0 Å². The van der Waals surface area contributed by atoms with E-state index in [2.05, 4.69) is 10.1 Å². The SMILES string of the molecule is COC(=O)CC(NC=O)c1ccc(-c2ccc(C=S)cc2)cc1.FF. The molecule has 1 N–H and O–H groups in total.